The van der Waals surface area contributed by atoms with Gasteiger partial charge in [-0.15, -0.1) is 0 Å². The van der Waals surface area contributed by atoms with E-state index in [1.165, 1.54) is 6.07 Å². The molecule has 0 spiro atoms. The van der Waals surface area contributed by atoms with Crippen LogP contribution in [0.4, 0.5) is 17.6 Å². The van der Waals surface area contributed by atoms with E-state index in [0.29, 0.717) is 0 Å². The molecule has 0 saturated heterocycles. The molecule has 0 radical (unpaired) electrons. The van der Waals surface area contributed by atoms with Gasteiger partial charge in [0.1, 0.15) is 12.4 Å². The molecule has 0 aliphatic heterocycles. The van der Waals surface area contributed by atoms with Crippen molar-refractivity contribution in [2.75, 3.05) is 6.61 Å². The Morgan fingerprint density at radius 1 is 1.44 bits per heavy atom. The molecule has 0 aliphatic carbocycles. The van der Waals surface area contributed by atoms with Crippen LogP contribution in [0, 0.1) is 5.82 Å². The van der Waals surface area contributed by atoms with Gasteiger partial charge in [0.2, 0.25) is 0 Å². The van der Waals surface area contributed by atoms with Crippen LogP contribution < -0.4 is 0 Å². The van der Waals surface area contributed by atoms with Crippen LogP contribution in [0.1, 0.15) is 11.7 Å². The third-order valence-electron chi connectivity index (χ3n) is 1.91. The molecule has 1 N–H and O–H groups in total. The first-order chi connectivity index (χ1) is 8.21. The van der Waals surface area contributed by atoms with Gasteiger partial charge in [-0.25, -0.2) is 9.18 Å². The van der Waals surface area contributed by atoms with Gasteiger partial charge in [-0.3, -0.25) is 0 Å². The lowest BCUT2D eigenvalue weighted by molar-refractivity contribution is -0.225. The summed E-state index contributed by atoms with van der Waals surface area (Å²) in [6, 6.07) is 2.96. The molecule has 0 fully saturated rings. The van der Waals surface area contributed by atoms with Crippen molar-refractivity contribution in [3.05, 3.63) is 34.1 Å². The number of carbonyl (C=O) groups is 1. The van der Waals surface area contributed by atoms with Gasteiger partial charge in [-0.05, 0) is 18.2 Å². The molecule has 0 aliphatic rings. The molecule has 3 nitrogen and oxygen atoms in total. The number of aliphatic carboxylic acids is 1. The zero-order valence-corrected chi connectivity index (χ0v) is 10.3. The predicted octanol–water partition coefficient (Wildman–Crippen LogP) is 3.29. The minimum atomic E-state index is -4.91. The zero-order chi connectivity index (χ0) is 13.9. The Labute approximate surface area is 107 Å². The topological polar surface area (TPSA) is 46.5 Å². The molecule has 18 heavy (non-hydrogen) atoms. The van der Waals surface area contributed by atoms with Gasteiger partial charge in [0.05, 0.1) is 0 Å². The van der Waals surface area contributed by atoms with E-state index in [1.807, 2.05) is 0 Å². The van der Waals surface area contributed by atoms with Crippen molar-refractivity contribution in [3.8, 4) is 0 Å². The summed E-state index contributed by atoms with van der Waals surface area (Å²) in [4.78, 5) is 10.2. The van der Waals surface area contributed by atoms with Crippen molar-refractivity contribution in [2.24, 2.45) is 0 Å². The molecule has 0 heterocycles. The lowest BCUT2D eigenvalue weighted by Crippen LogP contribution is -2.26. The maximum atomic E-state index is 13.3. The highest BCUT2D eigenvalue weighted by Crippen LogP contribution is 2.37. The average Bonchev–Trinajstić information content (AvgIpc) is 2.21. The van der Waals surface area contributed by atoms with Crippen molar-refractivity contribution < 1.29 is 32.2 Å². The lowest BCUT2D eigenvalue weighted by atomic mass is 10.1. The number of hydrogen-bond acceptors (Lipinski definition) is 2. The third-order valence-corrected chi connectivity index (χ3v) is 2.40. The number of alkyl halides is 3. The van der Waals surface area contributed by atoms with Crippen molar-refractivity contribution in [1.82, 2.24) is 0 Å². The molecule has 0 amide bonds. The van der Waals surface area contributed by atoms with Crippen molar-refractivity contribution in [2.45, 2.75) is 12.3 Å². The highest BCUT2D eigenvalue weighted by Gasteiger charge is 2.43. The summed E-state index contributed by atoms with van der Waals surface area (Å²) < 4.78 is 55.8. The molecular weight excluding hydrogens is 324 g/mol. The monoisotopic (exact) mass is 330 g/mol. The Balaban J connectivity index is 3.09. The Kier molecular flexibility index (Phi) is 4.69. The van der Waals surface area contributed by atoms with Crippen LogP contribution in [0.3, 0.4) is 0 Å². The first-order valence-corrected chi connectivity index (χ1v) is 5.36. The van der Waals surface area contributed by atoms with Gasteiger partial charge >= 0.3 is 12.1 Å². The van der Waals surface area contributed by atoms with E-state index < -0.39 is 36.2 Å². The summed E-state index contributed by atoms with van der Waals surface area (Å²) >= 11 is 2.91. The van der Waals surface area contributed by atoms with Crippen LogP contribution >= 0.6 is 15.9 Å². The normalized spacial score (nSPS) is 13.4. The van der Waals surface area contributed by atoms with Crippen molar-refractivity contribution >= 4 is 21.9 Å². The van der Waals surface area contributed by atoms with E-state index in [9.17, 15) is 22.4 Å². The summed E-state index contributed by atoms with van der Waals surface area (Å²) in [6.07, 6.45) is -7.53. The molecular formula is C10H7BrF4O3. The molecule has 0 unspecified atom stereocenters. The summed E-state index contributed by atoms with van der Waals surface area (Å²) in [5.41, 5.74) is -0.766. The second kappa shape index (κ2) is 5.66. The number of ether oxygens (including phenoxy) is 1. The Bertz CT molecular complexity index is 447. The maximum Gasteiger partial charge on any atom is 0.418 e. The van der Waals surface area contributed by atoms with E-state index in [1.54, 1.807) is 0 Å². The predicted molar refractivity (Wildman–Crippen MR) is 56.5 cm³/mol. The summed E-state index contributed by atoms with van der Waals surface area (Å²) in [6.45, 7) is -1.17. The fraction of sp³-hybridized carbons (Fsp3) is 0.300. The fourth-order valence-electron chi connectivity index (χ4n) is 1.23. The molecule has 1 atom stereocenters. The van der Waals surface area contributed by atoms with Crippen LogP contribution in [0.5, 0.6) is 0 Å². The average molecular weight is 331 g/mol. The second-order valence-electron chi connectivity index (χ2n) is 3.29. The molecule has 8 heteroatoms. The number of rotatable bonds is 4. The van der Waals surface area contributed by atoms with Gasteiger partial charge < -0.3 is 9.84 Å². The van der Waals surface area contributed by atoms with E-state index >= 15 is 0 Å². The maximum absolute atomic E-state index is 13.3. The smallest absolute Gasteiger partial charge is 0.418 e. The molecule has 100 valence electrons. The fourth-order valence-corrected chi connectivity index (χ4v) is 1.61. The van der Waals surface area contributed by atoms with E-state index in [4.69, 9.17) is 5.11 Å². The Morgan fingerprint density at radius 2 is 2.06 bits per heavy atom. The van der Waals surface area contributed by atoms with Crippen LogP contribution in [-0.2, 0) is 9.53 Å². The van der Waals surface area contributed by atoms with Crippen LogP contribution in [-0.4, -0.2) is 23.9 Å². The van der Waals surface area contributed by atoms with Crippen molar-refractivity contribution in [1.29, 1.82) is 0 Å². The van der Waals surface area contributed by atoms with Gasteiger partial charge in [0, 0.05) is 10.0 Å². The quantitative estimate of drug-likeness (QED) is 0.862. The lowest BCUT2D eigenvalue weighted by Gasteiger charge is -2.21. The Morgan fingerprint density at radius 3 is 2.56 bits per heavy atom. The molecule has 1 aromatic rings. The van der Waals surface area contributed by atoms with Gasteiger partial charge in [0.25, 0.3) is 0 Å². The SMILES string of the molecule is O=C(O)CO[C@@H](c1cc(Br)ccc1F)C(F)(F)F. The molecule has 0 saturated carbocycles. The van der Waals surface area contributed by atoms with E-state index in [-0.39, 0.29) is 4.47 Å². The third kappa shape index (κ3) is 3.95. The van der Waals surface area contributed by atoms with Gasteiger partial charge in [-0.2, -0.15) is 13.2 Å². The van der Waals surface area contributed by atoms with Crippen LogP contribution in [0.2, 0.25) is 0 Å². The zero-order valence-electron chi connectivity index (χ0n) is 8.67. The number of benzene rings is 1. The van der Waals surface area contributed by atoms with Crippen LogP contribution in [0.15, 0.2) is 22.7 Å². The highest BCUT2D eigenvalue weighted by atomic mass is 79.9. The standard InChI is InChI=1S/C10H7BrF4O3/c11-5-1-2-7(12)6(3-5)9(10(13,14)15)18-4-8(16)17/h1-3,9H,4H2,(H,16,17)/t9-/m0/s1. The molecule has 1 aromatic carbocycles. The van der Waals surface area contributed by atoms with Gasteiger partial charge in [-0.1, -0.05) is 15.9 Å². The van der Waals surface area contributed by atoms with Crippen molar-refractivity contribution in [3.63, 3.8) is 0 Å². The molecule has 0 bridgehead atoms. The highest BCUT2D eigenvalue weighted by molar-refractivity contribution is 9.10. The summed E-state index contributed by atoms with van der Waals surface area (Å²) in [5.74, 6) is -2.69. The molecule has 1 rings (SSSR count). The number of hydrogen-bond donors (Lipinski definition) is 1. The first-order valence-electron chi connectivity index (χ1n) is 4.57. The minimum absolute atomic E-state index is 0.229. The van der Waals surface area contributed by atoms with E-state index in [0.717, 1.165) is 12.1 Å². The number of halogens is 5. The summed E-state index contributed by atoms with van der Waals surface area (Å²) in [5, 5.41) is 8.30. The first kappa shape index (κ1) is 14.9. The number of carboxylic acid groups (broad SMARTS) is 1. The Hall–Kier alpha value is -1.15. The minimum Gasteiger partial charge on any atom is -0.480 e. The largest absolute Gasteiger partial charge is 0.480 e. The second-order valence-corrected chi connectivity index (χ2v) is 4.21. The van der Waals surface area contributed by atoms with Crippen LogP contribution in [0.25, 0.3) is 0 Å². The van der Waals surface area contributed by atoms with E-state index in [2.05, 4.69) is 20.7 Å². The number of carboxylic acids is 1. The molecule has 0 aromatic heterocycles. The summed E-state index contributed by atoms with van der Waals surface area (Å²) in [7, 11) is 0. The van der Waals surface area contributed by atoms with Gasteiger partial charge in [0.15, 0.2) is 6.10 Å².